The summed E-state index contributed by atoms with van der Waals surface area (Å²) in [6.07, 6.45) is 0.884. The Balaban J connectivity index is 1.83. The molecule has 0 spiro atoms. The molecule has 0 aromatic heterocycles. The van der Waals surface area contributed by atoms with Gasteiger partial charge >= 0.3 is 0 Å². The molecule has 46 heavy (non-hydrogen) atoms. The van der Waals surface area contributed by atoms with E-state index in [1.807, 2.05) is 71.0 Å². The van der Waals surface area contributed by atoms with Gasteiger partial charge in [-0.1, -0.05) is 79.2 Å². The lowest BCUT2D eigenvalue weighted by Gasteiger charge is -2.34. The first-order valence-corrected chi connectivity index (χ1v) is 16.9. The summed E-state index contributed by atoms with van der Waals surface area (Å²) < 4.78 is 43.5. The minimum absolute atomic E-state index is 0.0320. The predicted molar refractivity (Wildman–Crippen MR) is 180 cm³/mol. The van der Waals surface area contributed by atoms with E-state index in [1.54, 1.807) is 36.4 Å². The number of hydrogen-bond acceptors (Lipinski definition) is 4. The highest BCUT2D eigenvalue weighted by Gasteiger charge is 2.35. The molecule has 4 aromatic rings. The van der Waals surface area contributed by atoms with E-state index in [0.717, 1.165) is 21.0 Å². The fraction of sp³-hybridized carbons (Fsp3) is 0.297. The van der Waals surface area contributed by atoms with Crippen LogP contribution in [0, 0.1) is 26.6 Å². The number of amides is 2. The van der Waals surface area contributed by atoms with Crippen LogP contribution in [0.25, 0.3) is 0 Å². The summed E-state index contributed by atoms with van der Waals surface area (Å²) in [5.74, 6) is -1.35. The number of sulfonamides is 1. The molecule has 1 N–H and O–H groups in total. The van der Waals surface area contributed by atoms with Crippen LogP contribution in [0.3, 0.4) is 0 Å². The standard InChI is InChI=1S/C37H42FN3O4S/c1-6-28(4)39-37(43)35(23-30-12-8-7-9-13-30)40(24-31-17-19-32(38)20-18-31)36(42)25-41(34-14-10-11-27(3)29(34)5)46(44,45)33-21-15-26(2)16-22-33/h7-22,28,35H,6,23-25H2,1-5H3,(H,39,43)/t28-,35-/m1/s1. The van der Waals surface area contributed by atoms with Gasteiger partial charge < -0.3 is 10.2 Å². The van der Waals surface area contributed by atoms with Crippen LogP contribution >= 0.6 is 0 Å². The molecule has 0 saturated heterocycles. The number of halogens is 1. The second-order valence-electron chi connectivity index (χ2n) is 11.7. The van der Waals surface area contributed by atoms with Crippen LogP contribution in [0.1, 0.15) is 48.1 Å². The largest absolute Gasteiger partial charge is 0.352 e. The minimum Gasteiger partial charge on any atom is -0.352 e. The van der Waals surface area contributed by atoms with E-state index in [9.17, 15) is 22.4 Å². The number of anilines is 1. The van der Waals surface area contributed by atoms with E-state index in [-0.39, 0.29) is 29.8 Å². The van der Waals surface area contributed by atoms with Gasteiger partial charge in [0.05, 0.1) is 10.6 Å². The third-order valence-electron chi connectivity index (χ3n) is 8.27. The van der Waals surface area contributed by atoms with Gasteiger partial charge in [0.2, 0.25) is 11.8 Å². The van der Waals surface area contributed by atoms with Crippen LogP contribution in [-0.2, 0) is 32.6 Å². The van der Waals surface area contributed by atoms with E-state index < -0.39 is 34.3 Å². The molecule has 2 atom stereocenters. The van der Waals surface area contributed by atoms with Gasteiger partial charge in [-0.2, -0.15) is 0 Å². The average Bonchev–Trinajstić information content (AvgIpc) is 3.04. The maximum absolute atomic E-state index is 14.6. The Labute approximate surface area is 272 Å². The lowest BCUT2D eigenvalue weighted by Crippen LogP contribution is -2.54. The number of rotatable bonds is 13. The molecule has 2 amide bonds. The molecule has 0 fully saturated rings. The Hall–Kier alpha value is -4.50. The summed E-state index contributed by atoms with van der Waals surface area (Å²) >= 11 is 0. The first kappa shape index (κ1) is 34.4. The highest BCUT2D eigenvalue weighted by atomic mass is 32.2. The molecule has 0 heterocycles. The Kier molecular flexibility index (Phi) is 11.4. The lowest BCUT2D eigenvalue weighted by molar-refractivity contribution is -0.140. The van der Waals surface area contributed by atoms with Gasteiger partial charge in [0.1, 0.15) is 18.4 Å². The van der Waals surface area contributed by atoms with Crippen LogP contribution in [0.5, 0.6) is 0 Å². The first-order valence-electron chi connectivity index (χ1n) is 15.4. The van der Waals surface area contributed by atoms with Crippen LogP contribution in [0.4, 0.5) is 10.1 Å². The van der Waals surface area contributed by atoms with Crippen molar-refractivity contribution in [2.24, 2.45) is 0 Å². The summed E-state index contributed by atoms with van der Waals surface area (Å²) in [7, 11) is -4.21. The molecule has 0 radical (unpaired) electrons. The second-order valence-corrected chi connectivity index (χ2v) is 13.6. The molecular formula is C37H42FN3O4S. The molecule has 0 saturated carbocycles. The van der Waals surface area contributed by atoms with Crippen molar-refractivity contribution in [1.29, 1.82) is 0 Å². The van der Waals surface area contributed by atoms with Crippen LogP contribution in [0.15, 0.2) is 102 Å². The van der Waals surface area contributed by atoms with Crippen LogP contribution in [0.2, 0.25) is 0 Å². The van der Waals surface area contributed by atoms with Gasteiger partial charge in [0.25, 0.3) is 10.0 Å². The highest BCUT2D eigenvalue weighted by Crippen LogP contribution is 2.29. The molecule has 0 aliphatic carbocycles. The molecule has 0 unspecified atom stereocenters. The predicted octanol–water partition coefficient (Wildman–Crippen LogP) is 6.50. The first-order chi connectivity index (χ1) is 21.9. The number of aryl methyl sites for hydroxylation is 2. The van der Waals surface area contributed by atoms with Crippen molar-refractivity contribution in [1.82, 2.24) is 10.2 Å². The van der Waals surface area contributed by atoms with Gasteiger partial charge in [-0.05, 0) is 86.7 Å². The Morgan fingerprint density at radius 1 is 0.826 bits per heavy atom. The zero-order valence-electron chi connectivity index (χ0n) is 27.0. The van der Waals surface area contributed by atoms with Gasteiger partial charge in [0, 0.05) is 19.0 Å². The van der Waals surface area contributed by atoms with Gasteiger partial charge in [-0.25, -0.2) is 12.8 Å². The molecular weight excluding hydrogens is 601 g/mol. The lowest BCUT2D eigenvalue weighted by atomic mass is 10.0. The number of hydrogen-bond donors (Lipinski definition) is 1. The van der Waals surface area contributed by atoms with Crippen molar-refractivity contribution in [3.05, 3.63) is 131 Å². The summed E-state index contributed by atoms with van der Waals surface area (Å²) in [5.41, 5.74) is 4.29. The van der Waals surface area contributed by atoms with Crippen molar-refractivity contribution >= 4 is 27.5 Å². The number of carbonyl (C=O) groups excluding carboxylic acids is 2. The maximum Gasteiger partial charge on any atom is 0.264 e. The fourth-order valence-corrected chi connectivity index (χ4v) is 6.61. The smallest absolute Gasteiger partial charge is 0.264 e. The van der Waals surface area contributed by atoms with Gasteiger partial charge in [-0.15, -0.1) is 0 Å². The topological polar surface area (TPSA) is 86.8 Å². The molecule has 0 aliphatic heterocycles. The van der Waals surface area contributed by atoms with E-state index >= 15 is 0 Å². The number of benzene rings is 4. The van der Waals surface area contributed by atoms with Crippen LogP contribution in [-0.4, -0.2) is 43.8 Å². The quantitative estimate of drug-likeness (QED) is 0.180. The Morgan fingerprint density at radius 2 is 1.48 bits per heavy atom. The van der Waals surface area contributed by atoms with Crippen molar-refractivity contribution in [3.63, 3.8) is 0 Å². The zero-order valence-corrected chi connectivity index (χ0v) is 27.9. The van der Waals surface area contributed by atoms with Crippen molar-refractivity contribution in [2.45, 2.75) is 71.0 Å². The molecule has 4 aromatic carbocycles. The normalized spacial score (nSPS) is 12.7. The summed E-state index contributed by atoms with van der Waals surface area (Å²) in [6.45, 7) is 8.83. The molecule has 242 valence electrons. The fourth-order valence-electron chi connectivity index (χ4n) is 5.14. The number of nitrogens with one attached hydrogen (secondary N) is 1. The average molecular weight is 644 g/mol. The number of carbonyl (C=O) groups is 2. The molecule has 7 nitrogen and oxygen atoms in total. The summed E-state index contributed by atoms with van der Waals surface area (Å²) in [6, 6.07) is 25.8. The summed E-state index contributed by atoms with van der Waals surface area (Å²) in [4.78, 5) is 30.0. The Bertz CT molecular complexity index is 1740. The van der Waals surface area contributed by atoms with E-state index in [1.165, 1.54) is 29.2 Å². The highest BCUT2D eigenvalue weighted by molar-refractivity contribution is 7.92. The SMILES string of the molecule is CC[C@@H](C)NC(=O)[C@@H](Cc1ccccc1)N(Cc1ccc(F)cc1)C(=O)CN(c1cccc(C)c1C)S(=O)(=O)c1ccc(C)cc1. The van der Waals surface area contributed by atoms with Gasteiger partial charge in [-0.3, -0.25) is 13.9 Å². The summed E-state index contributed by atoms with van der Waals surface area (Å²) in [5, 5.41) is 3.02. The number of nitrogens with zero attached hydrogens (tertiary/aromatic N) is 2. The van der Waals surface area contributed by atoms with Crippen molar-refractivity contribution in [2.75, 3.05) is 10.8 Å². The van der Waals surface area contributed by atoms with E-state index in [0.29, 0.717) is 23.2 Å². The third-order valence-corrected chi connectivity index (χ3v) is 10.0. The van der Waals surface area contributed by atoms with E-state index in [2.05, 4.69) is 5.32 Å². The molecule has 4 rings (SSSR count). The molecule has 0 bridgehead atoms. The Morgan fingerprint density at radius 3 is 2.11 bits per heavy atom. The molecule has 0 aliphatic rings. The van der Waals surface area contributed by atoms with Gasteiger partial charge in [0.15, 0.2) is 0 Å². The zero-order chi connectivity index (χ0) is 33.4. The third kappa shape index (κ3) is 8.40. The van der Waals surface area contributed by atoms with Crippen LogP contribution < -0.4 is 9.62 Å². The van der Waals surface area contributed by atoms with Crippen molar-refractivity contribution in [3.8, 4) is 0 Å². The molecule has 9 heteroatoms. The monoisotopic (exact) mass is 643 g/mol. The second kappa shape index (κ2) is 15.2. The van der Waals surface area contributed by atoms with Crippen molar-refractivity contribution < 1.29 is 22.4 Å². The minimum atomic E-state index is -4.21. The maximum atomic E-state index is 14.6. The van der Waals surface area contributed by atoms with E-state index in [4.69, 9.17) is 0 Å².